The highest BCUT2D eigenvalue weighted by Gasteiger charge is 2.19. The number of phenolic OH excluding ortho intramolecular Hbond substituents is 2. The van der Waals surface area contributed by atoms with E-state index in [1.165, 1.54) is 7.11 Å². The quantitative estimate of drug-likeness (QED) is 0.419. The van der Waals surface area contributed by atoms with E-state index in [1.807, 2.05) is 0 Å². The third-order valence-electron chi connectivity index (χ3n) is 3.18. The van der Waals surface area contributed by atoms with Crippen molar-refractivity contribution in [1.82, 2.24) is 5.32 Å². The summed E-state index contributed by atoms with van der Waals surface area (Å²) in [6, 6.07) is 7.66. The predicted octanol–water partition coefficient (Wildman–Crippen LogP) is 1.17. The van der Waals surface area contributed by atoms with Crippen molar-refractivity contribution in [3.63, 3.8) is 0 Å². The van der Waals surface area contributed by atoms with Crippen molar-refractivity contribution in [3.8, 4) is 11.5 Å². The van der Waals surface area contributed by atoms with E-state index in [4.69, 9.17) is 9.47 Å². The van der Waals surface area contributed by atoms with E-state index in [9.17, 15) is 19.8 Å². The number of carbonyl (C=O) groups excluding carboxylic acids is 2. The molecular formula is C16H17NO6. The number of benzene rings is 2. The Hall–Kier alpha value is -2.80. The molecule has 0 saturated carbocycles. The van der Waals surface area contributed by atoms with E-state index in [0.29, 0.717) is 23.9 Å². The minimum absolute atomic E-state index is 0.158. The van der Waals surface area contributed by atoms with Gasteiger partial charge in [0.05, 0.1) is 6.61 Å². The van der Waals surface area contributed by atoms with Crippen molar-refractivity contribution >= 4 is 22.6 Å². The van der Waals surface area contributed by atoms with Gasteiger partial charge in [0, 0.05) is 24.4 Å². The molecule has 0 aliphatic heterocycles. The molecule has 2 aromatic carbocycles. The number of carbonyl (C=O) groups is 2. The number of hydrogen-bond donors (Lipinski definition) is 3. The molecule has 3 N–H and O–H groups in total. The van der Waals surface area contributed by atoms with Gasteiger partial charge in [0.2, 0.25) is 0 Å². The summed E-state index contributed by atoms with van der Waals surface area (Å²) in [6.07, 6.45) is 0. The predicted molar refractivity (Wildman–Crippen MR) is 82.4 cm³/mol. The lowest BCUT2D eigenvalue weighted by Crippen LogP contribution is -2.31. The Labute approximate surface area is 132 Å². The number of amides is 1. The van der Waals surface area contributed by atoms with Gasteiger partial charge in [-0.3, -0.25) is 4.79 Å². The van der Waals surface area contributed by atoms with Crippen molar-refractivity contribution in [1.29, 1.82) is 0 Å². The summed E-state index contributed by atoms with van der Waals surface area (Å²) in [7, 11) is 1.50. The monoisotopic (exact) mass is 319 g/mol. The summed E-state index contributed by atoms with van der Waals surface area (Å²) in [4.78, 5) is 23.5. The second kappa shape index (κ2) is 7.46. The average Bonchev–Trinajstić information content (AvgIpc) is 2.56. The van der Waals surface area contributed by atoms with Crippen LogP contribution in [0.25, 0.3) is 10.8 Å². The van der Waals surface area contributed by atoms with Crippen LogP contribution in [-0.2, 0) is 14.3 Å². The van der Waals surface area contributed by atoms with Gasteiger partial charge in [-0.2, -0.15) is 0 Å². The fourth-order valence-corrected chi connectivity index (χ4v) is 2.05. The van der Waals surface area contributed by atoms with Crippen molar-refractivity contribution < 1.29 is 29.3 Å². The van der Waals surface area contributed by atoms with Crippen LogP contribution in [0.1, 0.15) is 10.4 Å². The first kappa shape index (κ1) is 16.6. The van der Waals surface area contributed by atoms with Crippen LogP contribution in [0.15, 0.2) is 30.3 Å². The second-order valence-corrected chi connectivity index (χ2v) is 4.76. The maximum absolute atomic E-state index is 12.0. The van der Waals surface area contributed by atoms with Crippen LogP contribution < -0.4 is 5.32 Å². The van der Waals surface area contributed by atoms with Gasteiger partial charge in [-0.25, -0.2) is 4.79 Å². The maximum atomic E-state index is 12.0. The summed E-state index contributed by atoms with van der Waals surface area (Å²) in [5.74, 6) is -1.84. The number of rotatable bonds is 6. The molecule has 0 spiro atoms. The zero-order valence-corrected chi connectivity index (χ0v) is 12.5. The number of methoxy groups -OCH3 is 1. The molecule has 0 atom stereocenters. The van der Waals surface area contributed by atoms with E-state index in [1.54, 1.807) is 24.3 Å². The van der Waals surface area contributed by atoms with Crippen LogP contribution in [0.2, 0.25) is 0 Å². The molecule has 0 aromatic heterocycles. The maximum Gasteiger partial charge on any atom is 0.342 e. The van der Waals surface area contributed by atoms with Crippen LogP contribution in [-0.4, -0.2) is 49.0 Å². The Morgan fingerprint density at radius 3 is 2.57 bits per heavy atom. The SMILES string of the molecule is COCCNC(=O)COC(=O)c1cc(O)c2ccccc2c1O. The van der Waals surface area contributed by atoms with Crippen molar-refractivity contribution in [3.05, 3.63) is 35.9 Å². The molecule has 0 aliphatic rings. The smallest absolute Gasteiger partial charge is 0.342 e. The van der Waals surface area contributed by atoms with Crippen LogP contribution >= 0.6 is 0 Å². The number of hydrogen-bond acceptors (Lipinski definition) is 6. The highest BCUT2D eigenvalue weighted by Crippen LogP contribution is 2.35. The Balaban J connectivity index is 2.09. The van der Waals surface area contributed by atoms with Gasteiger partial charge in [0.1, 0.15) is 17.1 Å². The van der Waals surface area contributed by atoms with Crippen LogP contribution in [0.5, 0.6) is 11.5 Å². The first-order valence-electron chi connectivity index (χ1n) is 6.91. The number of fused-ring (bicyclic) bond motifs is 1. The van der Waals surface area contributed by atoms with Crippen LogP contribution in [0.4, 0.5) is 0 Å². The summed E-state index contributed by atoms with van der Waals surface area (Å²) in [5.41, 5.74) is -0.203. The Morgan fingerprint density at radius 2 is 1.87 bits per heavy atom. The number of nitrogens with one attached hydrogen (secondary N) is 1. The normalized spacial score (nSPS) is 10.5. The molecule has 23 heavy (non-hydrogen) atoms. The lowest BCUT2D eigenvalue weighted by molar-refractivity contribution is -0.124. The van der Waals surface area contributed by atoms with E-state index in [-0.39, 0.29) is 17.1 Å². The number of phenols is 2. The zero-order valence-electron chi connectivity index (χ0n) is 12.5. The molecule has 1 amide bonds. The molecule has 2 rings (SSSR count). The Morgan fingerprint density at radius 1 is 1.17 bits per heavy atom. The van der Waals surface area contributed by atoms with E-state index in [2.05, 4.69) is 5.32 Å². The number of esters is 1. The minimum atomic E-state index is -0.898. The third-order valence-corrected chi connectivity index (χ3v) is 3.18. The summed E-state index contributed by atoms with van der Waals surface area (Å²) >= 11 is 0. The molecule has 0 saturated heterocycles. The lowest BCUT2D eigenvalue weighted by Gasteiger charge is -2.10. The van der Waals surface area contributed by atoms with Crippen molar-refractivity contribution in [2.45, 2.75) is 0 Å². The highest BCUT2D eigenvalue weighted by atomic mass is 16.5. The lowest BCUT2D eigenvalue weighted by atomic mass is 10.0. The van der Waals surface area contributed by atoms with E-state index in [0.717, 1.165) is 6.07 Å². The van der Waals surface area contributed by atoms with E-state index >= 15 is 0 Å². The summed E-state index contributed by atoms with van der Waals surface area (Å²) in [6.45, 7) is 0.156. The van der Waals surface area contributed by atoms with Gasteiger partial charge in [-0.1, -0.05) is 24.3 Å². The second-order valence-electron chi connectivity index (χ2n) is 4.76. The van der Waals surface area contributed by atoms with Gasteiger partial charge < -0.3 is 25.0 Å². The van der Waals surface area contributed by atoms with Gasteiger partial charge in [0.25, 0.3) is 5.91 Å². The fourth-order valence-electron chi connectivity index (χ4n) is 2.05. The molecule has 0 radical (unpaired) electrons. The average molecular weight is 319 g/mol. The standard InChI is InChI=1S/C16H17NO6/c1-22-7-6-17-14(19)9-23-16(21)12-8-13(18)10-4-2-3-5-11(10)15(12)20/h2-5,8,18,20H,6-7,9H2,1H3,(H,17,19). The summed E-state index contributed by atoms with van der Waals surface area (Å²) < 4.78 is 9.62. The minimum Gasteiger partial charge on any atom is -0.507 e. The van der Waals surface area contributed by atoms with Crippen molar-refractivity contribution in [2.75, 3.05) is 26.9 Å². The largest absolute Gasteiger partial charge is 0.507 e. The molecule has 7 heteroatoms. The first-order valence-corrected chi connectivity index (χ1v) is 6.91. The third kappa shape index (κ3) is 3.89. The Kier molecular flexibility index (Phi) is 5.37. The number of aromatic hydroxyl groups is 2. The molecule has 0 bridgehead atoms. The topological polar surface area (TPSA) is 105 Å². The molecule has 0 unspecified atom stereocenters. The molecule has 7 nitrogen and oxygen atoms in total. The molecular weight excluding hydrogens is 302 g/mol. The first-order chi connectivity index (χ1) is 11.0. The van der Waals surface area contributed by atoms with Crippen LogP contribution in [0, 0.1) is 0 Å². The summed E-state index contributed by atoms with van der Waals surface area (Å²) in [5, 5.41) is 23.3. The van der Waals surface area contributed by atoms with E-state index < -0.39 is 18.5 Å². The fraction of sp³-hybridized carbons (Fsp3) is 0.250. The molecule has 2 aromatic rings. The molecule has 122 valence electrons. The van der Waals surface area contributed by atoms with Crippen LogP contribution in [0.3, 0.4) is 0 Å². The van der Waals surface area contributed by atoms with Gasteiger partial charge in [0.15, 0.2) is 6.61 Å². The molecule has 0 fully saturated rings. The van der Waals surface area contributed by atoms with Gasteiger partial charge >= 0.3 is 5.97 Å². The molecule has 0 aliphatic carbocycles. The zero-order chi connectivity index (χ0) is 16.8. The van der Waals surface area contributed by atoms with Gasteiger partial charge in [-0.05, 0) is 6.07 Å². The highest BCUT2D eigenvalue weighted by molar-refractivity contribution is 6.04. The molecule has 0 heterocycles. The number of ether oxygens (including phenoxy) is 2. The van der Waals surface area contributed by atoms with Crippen molar-refractivity contribution in [2.24, 2.45) is 0 Å². The Bertz CT molecular complexity index is 728. The van der Waals surface area contributed by atoms with Gasteiger partial charge in [-0.15, -0.1) is 0 Å².